The lowest BCUT2D eigenvalue weighted by atomic mass is 10.0. The molecule has 2 aromatic carbocycles. The minimum atomic E-state index is -0.259. The second-order valence-electron chi connectivity index (χ2n) is 3.43. The Morgan fingerprint density at radius 3 is 2.38 bits per heavy atom. The Labute approximate surface area is 93.5 Å². The van der Waals surface area contributed by atoms with Gasteiger partial charge in [0.15, 0.2) is 0 Å². The fourth-order valence-electron chi connectivity index (χ4n) is 1.60. The van der Waals surface area contributed by atoms with Crippen LogP contribution in [0.15, 0.2) is 42.5 Å². The third kappa shape index (κ3) is 1.84. The largest absolute Gasteiger partial charge is 0.495 e. The minimum Gasteiger partial charge on any atom is -0.495 e. The molecular formula is C13H12FNO. The predicted molar refractivity (Wildman–Crippen MR) is 62.8 cm³/mol. The quantitative estimate of drug-likeness (QED) is 0.784. The number of para-hydroxylation sites is 1. The van der Waals surface area contributed by atoms with E-state index >= 15 is 0 Å². The van der Waals surface area contributed by atoms with Crippen LogP contribution in [0.4, 0.5) is 10.1 Å². The second kappa shape index (κ2) is 4.23. The van der Waals surface area contributed by atoms with Gasteiger partial charge in [-0.2, -0.15) is 0 Å². The number of ether oxygens (including phenoxy) is 1. The number of hydrogen-bond acceptors (Lipinski definition) is 2. The van der Waals surface area contributed by atoms with Gasteiger partial charge in [-0.1, -0.05) is 24.3 Å². The summed E-state index contributed by atoms with van der Waals surface area (Å²) in [6.45, 7) is 0. The third-order valence-electron chi connectivity index (χ3n) is 2.44. The molecule has 0 radical (unpaired) electrons. The van der Waals surface area contributed by atoms with Crippen LogP contribution in [0.3, 0.4) is 0 Å². The Hall–Kier alpha value is -2.03. The standard InChI is InChI=1S/C13H12FNO/c1-16-12-4-2-3-11(13(12)15)9-5-7-10(14)8-6-9/h2-8H,15H2,1H3. The summed E-state index contributed by atoms with van der Waals surface area (Å²) >= 11 is 0. The molecule has 0 aliphatic heterocycles. The van der Waals surface area contributed by atoms with E-state index in [4.69, 9.17) is 10.5 Å². The van der Waals surface area contributed by atoms with Crippen LogP contribution in [0, 0.1) is 5.82 Å². The average molecular weight is 217 g/mol. The number of hydrogen-bond donors (Lipinski definition) is 1. The second-order valence-corrected chi connectivity index (χ2v) is 3.43. The lowest BCUT2D eigenvalue weighted by molar-refractivity contribution is 0.417. The van der Waals surface area contributed by atoms with Gasteiger partial charge in [0.25, 0.3) is 0 Å². The van der Waals surface area contributed by atoms with Crippen LogP contribution in [0.1, 0.15) is 0 Å². The molecule has 0 spiro atoms. The summed E-state index contributed by atoms with van der Waals surface area (Å²) in [5.74, 6) is 0.368. The summed E-state index contributed by atoms with van der Waals surface area (Å²) in [5, 5.41) is 0. The summed E-state index contributed by atoms with van der Waals surface area (Å²) < 4.78 is 17.9. The highest BCUT2D eigenvalue weighted by Gasteiger charge is 2.06. The number of nitrogens with two attached hydrogens (primary N) is 1. The summed E-state index contributed by atoms with van der Waals surface area (Å²) in [6.07, 6.45) is 0. The molecule has 0 amide bonds. The van der Waals surface area contributed by atoms with Gasteiger partial charge >= 0.3 is 0 Å². The first-order chi connectivity index (χ1) is 7.72. The van der Waals surface area contributed by atoms with Gasteiger partial charge in [-0.25, -0.2) is 4.39 Å². The van der Waals surface area contributed by atoms with Crippen LogP contribution >= 0.6 is 0 Å². The van der Waals surface area contributed by atoms with Crippen molar-refractivity contribution < 1.29 is 9.13 Å². The first-order valence-corrected chi connectivity index (χ1v) is 4.91. The molecule has 3 heteroatoms. The Morgan fingerprint density at radius 1 is 1.06 bits per heavy atom. The molecule has 0 aliphatic rings. The van der Waals surface area contributed by atoms with Gasteiger partial charge in [-0.3, -0.25) is 0 Å². The number of halogens is 1. The molecule has 2 aromatic rings. The molecule has 0 aromatic heterocycles. The van der Waals surface area contributed by atoms with Crippen LogP contribution < -0.4 is 10.5 Å². The molecule has 0 atom stereocenters. The van der Waals surface area contributed by atoms with Crippen molar-refractivity contribution in [3.05, 3.63) is 48.3 Å². The minimum absolute atomic E-state index is 0.259. The Balaban J connectivity index is 2.51. The van der Waals surface area contributed by atoms with Crippen molar-refractivity contribution in [3.63, 3.8) is 0 Å². The number of methoxy groups -OCH3 is 1. The Kier molecular flexibility index (Phi) is 2.77. The van der Waals surface area contributed by atoms with Gasteiger partial charge in [0.1, 0.15) is 11.6 Å². The predicted octanol–water partition coefficient (Wildman–Crippen LogP) is 3.08. The summed E-state index contributed by atoms with van der Waals surface area (Å²) in [5.41, 5.74) is 8.23. The SMILES string of the molecule is COc1cccc(-c2ccc(F)cc2)c1N. The van der Waals surface area contributed by atoms with Crippen LogP contribution in [0.2, 0.25) is 0 Å². The van der Waals surface area contributed by atoms with Crippen molar-refractivity contribution in [1.82, 2.24) is 0 Å². The molecule has 2 nitrogen and oxygen atoms in total. The molecule has 0 saturated carbocycles. The first kappa shape index (κ1) is 10.5. The maximum Gasteiger partial charge on any atom is 0.142 e. The van der Waals surface area contributed by atoms with E-state index in [9.17, 15) is 4.39 Å². The molecule has 0 saturated heterocycles. The zero-order valence-electron chi connectivity index (χ0n) is 8.91. The van der Waals surface area contributed by atoms with Gasteiger partial charge in [0.05, 0.1) is 12.8 Å². The molecule has 0 fully saturated rings. The van der Waals surface area contributed by atoms with Crippen molar-refractivity contribution in [3.8, 4) is 16.9 Å². The van der Waals surface area contributed by atoms with Crippen molar-refractivity contribution in [2.75, 3.05) is 12.8 Å². The van der Waals surface area contributed by atoms with Crippen molar-refractivity contribution in [2.24, 2.45) is 0 Å². The van der Waals surface area contributed by atoms with Crippen LogP contribution in [-0.2, 0) is 0 Å². The van der Waals surface area contributed by atoms with Gasteiger partial charge in [0.2, 0.25) is 0 Å². The molecule has 2 rings (SSSR count). The fourth-order valence-corrected chi connectivity index (χ4v) is 1.60. The molecule has 2 N–H and O–H groups in total. The van der Waals surface area contributed by atoms with E-state index in [1.54, 1.807) is 25.3 Å². The van der Waals surface area contributed by atoms with Crippen molar-refractivity contribution in [2.45, 2.75) is 0 Å². The lowest BCUT2D eigenvalue weighted by Crippen LogP contribution is -1.95. The molecular weight excluding hydrogens is 205 g/mol. The highest BCUT2D eigenvalue weighted by molar-refractivity contribution is 5.80. The Bertz CT molecular complexity index is 494. The number of anilines is 1. The molecule has 0 unspecified atom stereocenters. The number of rotatable bonds is 2. The van der Waals surface area contributed by atoms with Crippen molar-refractivity contribution in [1.29, 1.82) is 0 Å². The molecule has 82 valence electrons. The van der Waals surface area contributed by atoms with Gasteiger partial charge in [-0.15, -0.1) is 0 Å². The molecule has 0 bridgehead atoms. The molecule has 0 aliphatic carbocycles. The Morgan fingerprint density at radius 2 is 1.75 bits per heavy atom. The average Bonchev–Trinajstić information content (AvgIpc) is 2.31. The molecule has 0 heterocycles. The smallest absolute Gasteiger partial charge is 0.142 e. The maximum absolute atomic E-state index is 12.8. The summed E-state index contributed by atoms with van der Waals surface area (Å²) in [6, 6.07) is 11.7. The van der Waals surface area contributed by atoms with E-state index in [2.05, 4.69) is 0 Å². The van der Waals surface area contributed by atoms with E-state index in [1.807, 2.05) is 12.1 Å². The van der Waals surface area contributed by atoms with Crippen molar-refractivity contribution >= 4 is 5.69 Å². The zero-order chi connectivity index (χ0) is 11.5. The fraction of sp³-hybridized carbons (Fsp3) is 0.0769. The first-order valence-electron chi connectivity index (χ1n) is 4.91. The normalized spacial score (nSPS) is 10.1. The van der Waals surface area contributed by atoms with E-state index < -0.39 is 0 Å². The third-order valence-corrected chi connectivity index (χ3v) is 2.44. The van der Waals surface area contributed by atoms with Gasteiger partial charge in [-0.05, 0) is 23.8 Å². The van der Waals surface area contributed by atoms with Crippen LogP contribution in [0.5, 0.6) is 5.75 Å². The highest BCUT2D eigenvalue weighted by Crippen LogP contribution is 2.32. The zero-order valence-corrected chi connectivity index (χ0v) is 8.91. The van der Waals surface area contributed by atoms with E-state index in [1.165, 1.54) is 12.1 Å². The van der Waals surface area contributed by atoms with E-state index in [0.717, 1.165) is 11.1 Å². The number of nitrogen functional groups attached to an aromatic ring is 1. The van der Waals surface area contributed by atoms with Crippen LogP contribution in [-0.4, -0.2) is 7.11 Å². The number of benzene rings is 2. The lowest BCUT2D eigenvalue weighted by Gasteiger charge is -2.09. The van der Waals surface area contributed by atoms with E-state index in [0.29, 0.717) is 11.4 Å². The van der Waals surface area contributed by atoms with E-state index in [-0.39, 0.29) is 5.82 Å². The summed E-state index contributed by atoms with van der Waals surface area (Å²) in [7, 11) is 1.57. The van der Waals surface area contributed by atoms with Gasteiger partial charge in [0, 0.05) is 5.56 Å². The molecule has 16 heavy (non-hydrogen) atoms. The highest BCUT2D eigenvalue weighted by atomic mass is 19.1. The maximum atomic E-state index is 12.8. The monoisotopic (exact) mass is 217 g/mol. The van der Waals surface area contributed by atoms with Gasteiger partial charge < -0.3 is 10.5 Å². The topological polar surface area (TPSA) is 35.2 Å². The summed E-state index contributed by atoms with van der Waals surface area (Å²) in [4.78, 5) is 0. The van der Waals surface area contributed by atoms with Crippen LogP contribution in [0.25, 0.3) is 11.1 Å².